The Morgan fingerprint density at radius 3 is 2.16 bits per heavy atom. The maximum atomic E-state index is 13.1. The van der Waals surface area contributed by atoms with E-state index in [1.54, 1.807) is 0 Å². The van der Waals surface area contributed by atoms with Gasteiger partial charge in [-0.05, 0) is 63.5 Å². The van der Waals surface area contributed by atoms with Gasteiger partial charge in [0.2, 0.25) is 0 Å². The molecule has 0 unspecified atom stereocenters. The Morgan fingerprint density at radius 2 is 1.53 bits per heavy atom. The summed E-state index contributed by atoms with van der Waals surface area (Å²) in [6.07, 6.45) is 5.13. The average Bonchev–Trinajstić information content (AvgIpc) is 2.97. The molecule has 4 rings (SSSR count). The van der Waals surface area contributed by atoms with E-state index in [0.29, 0.717) is 11.3 Å². The van der Waals surface area contributed by atoms with E-state index < -0.39 is 0 Å². The number of benzene rings is 2. The van der Waals surface area contributed by atoms with Crippen molar-refractivity contribution < 1.29 is 9.21 Å². The lowest BCUT2D eigenvalue weighted by molar-refractivity contribution is 0.102. The molecule has 1 saturated heterocycles. The number of fused-ring (bicyclic) bond motifs is 1. The van der Waals surface area contributed by atoms with Gasteiger partial charge in [0.15, 0.2) is 0 Å². The lowest BCUT2D eigenvalue weighted by Gasteiger charge is -2.20. The van der Waals surface area contributed by atoms with E-state index in [1.807, 2.05) is 77.9 Å². The fraction of sp³-hybridized carbons (Fsp3) is 0.464. The molecule has 1 amide bonds. The number of furan rings is 1. The Kier molecular flexibility index (Phi) is 10.5. The molecule has 1 aromatic heterocycles. The molecule has 0 atom stereocenters. The average molecular weight is 437 g/mol. The molecule has 1 N–H and O–H groups in total. The highest BCUT2D eigenvalue weighted by atomic mass is 16.3. The monoisotopic (exact) mass is 436 g/mol. The van der Waals surface area contributed by atoms with Gasteiger partial charge in [-0.2, -0.15) is 0 Å². The van der Waals surface area contributed by atoms with Gasteiger partial charge < -0.3 is 9.73 Å². The van der Waals surface area contributed by atoms with E-state index in [0.717, 1.165) is 36.3 Å². The van der Waals surface area contributed by atoms with E-state index in [2.05, 4.69) is 16.3 Å². The van der Waals surface area contributed by atoms with Crippen LogP contribution in [0, 0.1) is 13.8 Å². The fourth-order valence-electron chi connectivity index (χ4n) is 4.11. The minimum absolute atomic E-state index is 0.108. The molecule has 4 heteroatoms. The normalized spacial score (nSPS) is 13.9. The molecule has 0 saturated carbocycles. The van der Waals surface area contributed by atoms with Crippen molar-refractivity contribution in [1.82, 2.24) is 4.90 Å². The van der Waals surface area contributed by atoms with Crippen molar-refractivity contribution in [3.63, 3.8) is 0 Å². The van der Waals surface area contributed by atoms with Crippen LogP contribution in [-0.2, 0) is 6.54 Å². The summed E-state index contributed by atoms with van der Waals surface area (Å²) in [5, 5.41) is 3.99. The minimum atomic E-state index is -0.108. The zero-order chi connectivity index (χ0) is 23.5. The second-order valence-corrected chi connectivity index (χ2v) is 7.83. The second kappa shape index (κ2) is 13.1. The van der Waals surface area contributed by atoms with Gasteiger partial charge in [0, 0.05) is 17.6 Å². The highest BCUT2D eigenvalue weighted by Gasteiger charge is 2.22. The number of nitrogens with zero attached hydrogens (tertiary/aromatic N) is 1. The maximum absolute atomic E-state index is 13.1. The smallest absolute Gasteiger partial charge is 0.259 e. The van der Waals surface area contributed by atoms with Gasteiger partial charge in [-0.1, -0.05) is 70.4 Å². The third kappa shape index (κ3) is 6.46. The summed E-state index contributed by atoms with van der Waals surface area (Å²) in [5.74, 6) is 0.561. The van der Waals surface area contributed by atoms with Crippen molar-refractivity contribution in [1.29, 1.82) is 0 Å². The summed E-state index contributed by atoms with van der Waals surface area (Å²) in [5.41, 5.74) is 4.59. The number of anilines is 1. The van der Waals surface area contributed by atoms with E-state index in [9.17, 15) is 4.79 Å². The summed E-state index contributed by atoms with van der Waals surface area (Å²) in [4.78, 5) is 15.6. The van der Waals surface area contributed by atoms with Crippen molar-refractivity contribution in [3.8, 4) is 0 Å². The van der Waals surface area contributed by atoms with Crippen LogP contribution >= 0.6 is 0 Å². The van der Waals surface area contributed by atoms with Crippen LogP contribution in [0.4, 0.5) is 5.69 Å². The zero-order valence-electron chi connectivity index (χ0n) is 20.8. The van der Waals surface area contributed by atoms with Gasteiger partial charge in [0.05, 0.1) is 5.56 Å². The first kappa shape index (κ1) is 25.7. The lowest BCUT2D eigenvalue weighted by atomic mass is 10.0. The van der Waals surface area contributed by atoms with Gasteiger partial charge in [0.1, 0.15) is 11.3 Å². The second-order valence-electron chi connectivity index (χ2n) is 7.83. The van der Waals surface area contributed by atoms with E-state index in [1.165, 1.54) is 36.8 Å². The quantitative estimate of drug-likeness (QED) is 0.455. The van der Waals surface area contributed by atoms with Gasteiger partial charge in [-0.25, -0.2) is 0 Å². The highest BCUT2D eigenvalue weighted by Crippen LogP contribution is 2.30. The van der Waals surface area contributed by atoms with Crippen LogP contribution in [0.1, 0.15) is 80.6 Å². The summed E-state index contributed by atoms with van der Waals surface area (Å²) in [6.45, 7) is 15.0. The molecule has 4 nitrogen and oxygen atoms in total. The summed E-state index contributed by atoms with van der Waals surface area (Å²) < 4.78 is 5.95. The highest BCUT2D eigenvalue weighted by molar-refractivity contribution is 6.14. The number of carbonyl (C=O) groups is 1. The van der Waals surface area contributed by atoms with Crippen LogP contribution in [0.15, 0.2) is 46.9 Å². The van der Waals surface area contributed by atoms with Crippen molar-refractivity contribution in [2.75, 3.05) is 18.4 Å². The molecular weight excluding hydrogens is 396 g/mol. The molecule has 1 fully saturated rings. The van der Waals surface area contributed by atoms with Crippen molar-refractivity contribution in [3.05, 3.63) is 64.9 Å². The molecule has 1 aliphatic rings. The van der Waals surface area contributed by atoms with E-state index in [4.69, 9.17) is 4.42 Å². The van der Waals surface area contributed by atoms with Gasteiger partial charge in [-0.15, -0.1) is 0 Å². The Labute approximate surface area is 194 Å². The molecule has 0 radical (unpaired) electrons. The fourth-order valence-corrected chi connectivity index (χ4v) is 4.11. The van der Waals surface area contributed by atoms with Crippen LogP contribution < -0.4 is 5.32 Å². The number of nitrogens with one attached hydrogen (secondary N) is 1. The first-order valence-corrected chi connectivity index (χ1v) is 12.2. The van der Waals surface area contributed by atoms with Crippen molar-refractivity contribution >= 4 is 22.6 Å². The molecule has 3 aromatic rings. The first-order valence-electron chi connectivity index (χ1n) is 12.2. The molecular formula is C28H40N2O2. The van der Waals surface area contributed by atoms with Gasteiger partial charge >= 0.3 is 0 Å². The number of rotatable bonds is 4. The summed E-state index contributed by atoms with van der Waals surface area (Å²) in [7, 11) is 0. The summed E-state index contributed by atoms with van der Waals surface area (Å²) in [6, 6.07) is 14.0. The van der Waals surface area contributed by atoms with Gasteiger partial charge in [0.25, 0.3) is 5.91 Å². The van der Waals surface area contributed by atoms with Crippen molar-refractivity contribution in [2.24, 2.45) is 0 Å². The van der Waals surface area contributed by atoms with Crippen LogP contribution in [0.5, 0.6) is 0 Å². The molecule has 1 aliphatic heterocycles. The number of hydrogen-bond donors (Lipinski definition) is 1. The topological polar surface area (TPSA) is 45.5 Å². The molecule has 2 heterocycles. The van der Waals surface area contributed by atoms with E-state index >= 15 is 0 Å². The Balaban J connectivity index is 0.000000860. The van der Waals surface area contributed by atoms with Crippen LogP contribution in [-0.4, -0.2) is 23.9 Å². The minimum Gasteiger partial charge on any atom is -0.461 e. The predicted molar refractivity (Wildman–Crippen MR) is 137 cm³/mol. The SMILES string of the molecule is CC.CC.Cc1ccc(NC(=O)c2c(C)oc3cccc(CN4CCCCCC4)c23)cc1. The van der Waals surface area contributed by atoms with Crippen LogP contribution in [0.3, 0.4) is 0 Å². The maximum Gasteiger partial charge on any atom is 0.259 e. The number of hydrogen-bond acceptors (Lipinski definition) is 3. The first-order chi connectivity index (χ1) is 15.6. The Bertz CT molecular complexity index is 965. The summed E-state index contributed by atoms with van der Waals surface area (Å²) >= 11 is 0. The zero-order valence-corrected chi connectivity index (χ0v) is 20.8. The number of aryl methyl sites for hydroxylation is 2. The molecule has 0 aliphatic carbocycles. The third-order valence-corrected chi connectivity index (χ3v) is 5.61. The molecule has 32 heavy (non-hydrogen) atoms. The van der Waals surface area contributed by atoms with E-state index in [-0.39, 0.29) is 5.91 Å². The van der Waals surface area contributed by atoms with Crippen molar-refractivity contribution in [2.45, 2.75) is 73.8 Å². The molecule has 174 valence electrons. The van der Waals surface area contributed by atoms with Crippen LogP contribution in [0.25, 0.3) is 11.0 Å². The molecule has 0 bridgehead atoms. The predicted octanol–water partition coefficient (Wildman–Crippen LogP) is 7.73. The lowest BCUT2D eigenvalue weighted by Crippen LogP contribution is -2.24. The number of likely N-dealkylation sites (tertiary alicyclic amines) is 1. The molecule has 0 spiro atoms. The largest absolute Gasteiger partial charge is 0.461 e. The molecule has 2 aromatic carbocycles. The Morgan fingerprint density at radius 1 is 0.906 bits per heavy atom. The number of carbonyl (C=O) groups excluding carboxylic acids is 1. The van der Waals surface area contributed by atoms with Crippen LogP contribution in [0.2, 0.25) is 0 Å². The Hall–Kier alpha value is -2.59. The number of amides is 1. The third-order valence-electron chi connectivity index (χ3n) is 5.61. The van der Waals surface area contributed by atoms with Gasteiger partial charge in [-0.3, -0.25) is 9.69 Å². The standard InChI is InChI=1S/C24H28N2O2.2C2H6/c1-17-10-12-20(13-11-17)25-24(27)22-18(2)28-21-9-7-8-19(23(21)22)16-26-14-5-3-4-6-15-26;2*1-2/h7-13H,3-6,14-16H2,1-2H3,(H,25,27);2*1-2H3.